The van der Waals surface area contributed by atoms with Gasteiger partial charge < -0.3 is 25.0 Å². The first kappa shape index (κ1) is 39.9. The highest BCUT2D eigenvalue weighted by Crippen LogP contribution is 2.46. The number of carbonyl (C=O) groups is 4. The summed E-state index contributed by atoms with van der Waals surface area (Å²) < 4.78 is 38.5. The summed E-state index contributed by atoms with van der Waals surface area (Å²) in [5.74, 6) is -1.91. The number of sulfonamides is 1. The number of nitrogens with zero attached hydrogens (tertiary/aromatic N) is 4. The van der Waals surface area contributed by atoms with E-state index in [1.54, 1.807) is 48.7 Å². The Labute approximate surface area is 325 Å². The van der Waals surface area contributed by atoms with Crippen LogP contribution in [0, 0.1) is 11.3 Å². The first-order chi connectivity index (χ1) is 25.8. The Kier molecular flexibility index (Phi) is 10.7. The number of ether oxygens (including phenoxy) is 2. The Morgan fingerprint density at radius 2 is 1.67 bits per heavy atom. The number of rotatable bonds is 12. The lowest BCUT2D eigenvalue weighted by molar-refractivity contribution is -0.143. The lowest BCUT2D eigenvalue weighted by atomic mass is 9.85. The summed E-state index contributed by atoms with van der Waals surface area (Å²) in [6.45, 7) is 14.3. The highest BCUT2D eigenvalue weighted by atomic mass is 32.2. The number of alkyl carbamates (subject to hydrolysis) is 1. The molecule has 0 unspecified atom stereocenters. The lowest BCUT2D eigenvalue weighted by Gasteiger charge is -2.36. The van der Waals surface area contributed by atoms with Gasteiger partial charge in [0, 0.05) is 35.4 Å². The molecule has 3 heterocycles. The van der Waals surface area contributed by atoms with Gasteiger partial charge in [-0.3, -0.25) is 19.1 Å². The molecule has 2 saturated carbocycles. The van der Waals surface area contributed by atoms with E-state index < -0.39 is 79.7 Å². The first-order valence-corrected chi connectivity index (χ1v) is 20.7. The van der Waals surface area contributed by atoms with Crippen LogP contribution in [0.5, 0.6) is 5.75 Å². The van der Waals surface area contributed by atoms with Crippen LogP contribution >= 0.6 is 11.3 Å². The minimum atomic E-state index is -3.91. The molecule has 3 aromatic rings. The van der Waals surface area contributed by atoms with E-state index in [4.69, 9.17) is 19.7 Å². The van der Waals surface area contributed by atoms with E-state index in [1.807, 2.05) is 41.1 Å². The van der Waals surface area contributed by atoms with E-state index in [0.29, 0.717) is 30.0 Å². The second-order valence-corrected chi connectivity index (χ2v) is 19.2. The van der Waals surface area contributed by atoms with Crippen LogP contribution in [-0.4, -0.2) is 94.3 Å². The van der Waals surface area contributed by atoms with Crippen LogP contribution in [0.3, 0.4) is 0 Å². The summed E-state index contributed by atoms with van der Waals surface area (Å²) in [6, 6.07) is 6.44. The monoisotopic (exact) mass is 795 g/mol. The van der Waals surface area contributed by atoms with Crippen LogP contribution in [0.2, 0.25) is 0 Å². The largest absolute Gasteiger partial charge is 0.497 e. The summed E-state index contributed by atoms with van der Waals surface area (Å²) in [6.07, 6.45) is 1.81. The van der Waals surface area contributed by atoms with E-state index in [9.17, 15) is 27.6 Å². The zero-order valence-corrected chi connectivity index (χ0v) is 33.8. The number of aromatic nitrogens is 3. The molecule has 2 aromatic heterocycles. The molecule has 1 saturated heterocycles. The third-order valence-electron chi connectivity index (χ3n) is 10.0. The molecule has 6 rings (SSSR count). The van der Waals surface area contributed by atoms with E-state index in [0.717, 1.165) is 11.1 Å². The van der Waals surface area contributed by atoms with Crippen molar-refractivity contribution >= 4 is 45.2 Å². The van der Waals surface area contributed by atoms with Gasteiger partial charge in [0.25, 0.3) is 5.91 Å². The minimum absolute atomic E-state index is 0.0144. The molecular weight excluding hydrogens is 747 g/mol. The maximum Gasteiger partial charge on any atom is 0.408 e. The summed E-state index contributed by atoms with van der Waals surface area (Å²) in [7, 11) is -2.33. The van der Waals surface area contributed by atoms with Gasteiger partial charge in [-0.1, -0.05) is 26.8 Å². The van der Waals surface area contributed by atoms with Crippen molar-refractivity contribution in [2.75, 3.05) is 13.7 Å². The molecule has 17 heteroatoms. The third kappa shape index (κ3) is 8.57. The molecule has 0 bridgehead atoms. The molecule has 15 nitrogen and oxygen atoms in total. The van der Waals surface area contributed by atoms with E-state index >= 15 is 0 Å². The number of nitrogens with one attached hydrogen (secondary N) is 3. The fraction of sp³-hybridized carbons (Fsp3) is 0.526. The lowest BCUT2D eigenvalue weighted by Crippen LogP contribution is -2.60. The summed E-state index contributed by atoms with van der Waals surface area (Å²) >= 11 is 1.51. The Morgan fingerprint density at radius 1 is 1.02 bits per heavy atom. The number of hydrogen-bond acceptors (Lipinski definition) is 11. The van der Waals surface area contributed by atoms with Crippen LogP contribution in [0.4, 0.5) is 4.79 Å². The maximum atomic E-state index is 14.7. The predicted octanol–water partition coefficient (Wildman–Crippen LogP) is 4.43. The molecule has 55 heavy (non-hydrogen) atoms. The molecule has 296 valence electrons. The number of thiophene rings is 1. The molecule has 1 aromatic carbocycles. The number of benzene rings is 1. The summed E-state index contributed by atoms with van der Waals surface area (Å²) in [4.78, 5) is 58.6. The normalized spacial score (nSPS) is 23.0. The van der Waals surface area contributed by atoms with Crippen LogP contribution in [0.25, 0.3) is 22.5 Å². The highest BCUT2D eigenvalue weighted by Gasteiger charge is 2.62. The average Bonchev–Trinajstić information content (AvgIpc) is 3.88. The van der Waals surface area contributed by atoms with Crippen molar-refractivity contribution in [1.29, 1.82) is 0 Å². The Bertz CT molecular complexity index is 2060. The fourth-order valence-corrected chi connectivity index (χ4v) is 8.76. The second-order valence-electron chi connectivity index (χ2n) is 16.5. The van der Waals surface area contributed by atoms with Crippen LogP contribution in [0.15, 0.2) is 53.7 Å². The van der Waals surface area contributed by atoms with Crippen molar-refractivity contribution in [2.45, 2.75) is 102 Å². The van der Waals surface area contributed by atoms with Crippen molar-refractivity contribution in [3.05, 3.63) is 53.7 Å². The zero-order valence-electron chi connectivity index (χ0n) is 32.1. The molecule has 3 aliphatic rings. The van der Waals surface area contributed by atoms with E-state index in [-0.39, 0.29) is 19.4 Å². The number of amides is 4. The van der Waals surface area contributed by atoms with Gasteiger partial charge in [0.2, 0.25) is 21.8 Å². The van der Waals surface area contributed by atoms with Gasteiger partial charge in [0.15, 0.2) is 0 Å². The molecule has 0 spiro atoms. The topological polar surface area (TPSA) is 191 Å². The summed E-state index contributed by atoms with van der Waals surface area (Å²) in [5.41, 5.74) is -0.411. The zero-order chi connectivity index (χ0) is 40.1. The number of likely N-dealkylation sites (tertiary alicyclic amines) is 1. The minimum Gasteiger partial charge on any atom is -0.497 e. The van der Waals surface area contributed by atoms with Gasteiger partial charge in [0.05, 0.1) is 18.4 Å². The molecule has 1 aliphatic heterocycles. The first-order valence-electron chi connectivity index (χ1n) is 18.2. The van der Waals surface area contributed by atoms with E-state index in [2.05, 4.69) is 21.9 Å². The SMILES string of the molecule is C=C[C@@H]1C[C@@]1(NC(=O)[C@@H]1C[C@@H](n2nc(-c3ccc(OC)cc3)c(-c3ccsc3)n2)CN1C(=O)[C@H](NC(=O)OC(C)(C)C)C(C)(C)C)C(=O)NS(=O)(=O)C1CC1. The number of methoxy groups -OCH3 is 1. The van der Waals surface area contributed by atoms with Crippen molar-refractivity contribution in [3.8, 4) is 28.3 Å². The van der Waals surface area contributed by atoms with Crippen molar-refractivity contribution in [3.63, 3.8) is 0 Å². The fourth-order valence-electron chi connectivity index (χ4n) is 6.75. The Morgan fingerprint density at radius 3 is 2.20 bits per heavy atom. The van der Waals surface area contributed by atoms with Crippen molar-refractivity contribution in [1.82, 2.24) is 35.2 Å². The molecule has 3 N–H and O–H groups in total. The molecule has 5 atom stereocenters. The van der Waals surface area contributed by atoms with Gasteiger partial charge >= 0.3 is 6.09 Å². The highest BCUT2D eigenvalue weighted by molar-refractivity contribution is 7.91. The molecule has 0 radical (unpaired) electrons. The molecule has 4 amide bonds. The van der Waals surface area contributed by atoms with Crippen LogP contribution in [-0.2, 0) is 29.1 Å². The van der Waals surface area contributed by atoms with Gasteiger partial charge in [-0.2, -0.15) is 26.3 Å². The van der Waals surface area contributed by atoms with Crippen molar-refractivity contribution < 1.29 is 37.1 Å². The van der Waals surface area contributed by atoms with Gasteiger partial charge in [-0.25, -0.2) is 13.2 Å². The Hall–Kier alpha value is -4.77. The second kappa shape index (κ2) is 14.7. The van der Waals surface area contributed by atoms with Gasteiger partial charge in [-0.05, 0) is 81.2 Å². The summed E-state index contributed by atoms with van der Waals surface area (Å²) in [5, 5.41) is 18.6. The third-order valence-corrected chi connectivity index (χ3v) is 12.5. The van der Waals surface area contributed by atoms with E-state index in [1.165, 1.54) is 27.1 Å². The molecular formula is C38H49N7O8S2. The van der Waals surface area contributed by atoms with Crippen LogP contribution < -0.4 is 20.1 Å². The smallest absolute Gasteiger partial charge is 0.408 e. The van der Waals surface area contributed by atoms with Gasteiger partial charge in [0.1, 0.15) is 40.4 Å². The standard InChI is InChI=1S/C38H49N7O8S2/c1-9-24-19-38(24,34(48)43-55(50,51)27-14-15-27)40-32(46)28-18-25(20-44(28)33(47)31(36(2,3)4)39-35(49)53-37(5,6)7)45-41-29(22-10-12-26(52-8)13-11-22)30(42-45)23-16-17-54-21-23/h9-13,16-17,21,24-25,27-28,31H,1,14-15,18-20H2,2-8H3,(H,39,49)(H,40,46)(H,43,48)/t24-,25-,28+,31+,38+/m1/s1. The molecule has 3 fully saturated rings. The number of carbonyl (C=O) groups excluding carboxylic acids is 4. The maximum absolute atomic E-state index is 14.7. The van der Waals surface area contributed by atoms with Gasteiger partial charge in [-0.15, -0.1) is 6.58 Å². The quantitative estimate of drug-likeness (QED) is 0.221. The van der Waals surface area contributed by atoms with Crippen molar-refractivity contribution in [2.24, 2.45) is 11.3 Å². The van der Waals surface area contributed by atoms with Crippen LogP contribution in [0.1, 0.15) is 73.3 Å². The Balaban J connectivity index is 1.35. The number of hydrogen-bond donors (Lipinski definition) is 3. The predicted molar refractivity (Wildman–Crippen MR) is 206 cm³/mol. The molecule has 2 aliphatic carbocycles. The average molecular weight is 796 g/mol.